The molecule has 2 fully saturated rings. The van der Waals surface area contributed by atoms with Gasteiger partial charge in [0.2, 0.25) is 11.8 Å². The van der Waals surface area contributed by atoms with Crippen molar-refractivity contribution in [2.75, 3.05) is 38.0 Å². The van der Waals surface area contributed by atoms with E-state index in [1.54, 1.807) is 0 Å². The van der Waals surface area contributed by atoms with Crippen LogP contribution in [0.3, 0.4) is 0 Å². The Labute approximate surface area is 162 Å². The third kappa shape index (κ3) is 6.04. The molecule has 2 amide bonds. The maximum atomic E-state index is 12.4. The molecule has 3 rings (SSSR count). The fourth-order valence-electron chi connectivity index (χ4n) is 4.01. The molecule has 0 bridgehead atoms. The molecule has 6 nitrogen and oxygen atoms in total. The molecule has 0 saturated carbocycles. The van der Waals surface area contributed by atoms with E-state index >= 15 is 0 Å². The Balaban J connectivity index is 1.42. The lowest BCUT2D eigenvalue weighted by Gasteiger charge is -2.32. The van der Waals surface area contributed by atoms with E-state index in [1.165, 1.54) is 5.56 Å². The second-order valence-corrected chi connectivity index (χ2v) is 7.74. The standard InChI is InChI=1S/C21H32N4O2/c1-2-16-6-3-8-18(12-16)24-20(26)15-25-11-5-7-17(14-25)13-23-21(27)19-9-4-10-22-19/h3,6,8,12,17,19,22H,2,4-5,7,9-11,13-15H2,1H3,(H,23,27)(H,24,26). The summed E-state index contributed by atoms with van der Waals surface area (Å²) in [5, 5.41) is 9.33. The van der Waals surface area contributed by atoms with Gasteiger partial charge in [-0.1, -0.05) is 19.1 Å². The van der Waals surface area contributed by atoms with Crippen molar-refractivity contribution in [2.24, 2.45) is 5.92 Å². The molecule has 2 aliphatic heterocycles. The smallest absolute Gasteiger partial charge is 0.238 e. The first-order chi connectivity index (χ1) is 13.1. The third-order valence-corrected chi connectivity index (χ3v) is 5.53. The van der Waals surface area contributed by atoms with Crippen LogP contribution in [0.4, 0.5) is 5.69 Å². The predicted molar refractivity (Wildman–Crippen MR) is 108 cm³/mol. The topological polar surface area (TPSA) is 73.5 Å². The minimum Gasteiger partial charge on any atom is -0.354 e. The minimum atomic E-state index is -0.0191. The van der Waals surface area contributed by atoms with Crippen LogP contribution in [0.5, 0.6) is 0 Å². The highest BCUT2D eigenvalue weighted by molar-refractivity contribution is 5.92. The van der Waals surface area contributed by atoms with Gasteiger partial charge in [0.25, 0.3) is 0 Å². The molecular weight excluding hydrogens is 340 g/mol. The molecule has 3 N–H and O–H groups in total. The number of hydrogen-bond acceptors (Lipinski definition) is 4. The summed E-state index contributed by atoms with van der Waals surface area (Å²) in [4.78, 5) is 26.7. The molecule has 0 aromatic heterocycles. The third-order valence-electron chi connectivity index (χ3n) is 5.53. The largest absolute Gasteiger partial charge is 0.354 e. The number of benzene rings is 1. The van der Waals surface area contributed by atoms with Crippen molar-refractivity contribution < 1.29 is 9.59 Å². The lowest BCUT2D eigenvalue weighted by molar-refractivity contribution is -0.123. The van der Waals surface area contributed by atoms with E-state index in [2.05, 4.69) is 33.8 Å². The second kappa shape index (κ2) is 9.85. The van der Waals surface area contributed by atoms with Gasteiger partial charge < -0.3 is 16.0 Å². The molecule has 0 spiro atoms. The molecule has 0 aliphatic carbocycles. The van der Waals surface area contributed by atoms with Crippen molar-refractivity contribution in [3.8, 4) is 0 Å². The van der Waals surface area contributed by atoms with Crippen LogP contribution in [0, 0.1) is 5.92 Å². The van der Waals surface area contributed by atoms with E-state index in [0.717, 1.165) is 57.4 Å². The first-order valence-electron chi connectivity index (χ1n) is 10.3. The van der Waals surface area contributed by atoms with Gasteiger partial charge in [-0.3, -0.25) is 14.5 Å². The van der Waals surface area contributed by atoms with Crippen LogP contribution in [0.25, 0.3) is 0 Å². The van der Waals surface area contributed by atoms with Gasteiger partial charge in [-0.05, 0) is 68.8 Å². The molecule has 27 heavy (non-hydrogen) atoms. The van der Waals surface area contributed by atoms with Crippen LogP contribution in [0.2, 0.25) is 0 Å². The van der Waals surface area contributed by atoms with Gasteiger partial charge in [-0.15, -0.1) is 0 Å². The number of carbonyl (C=O) groups is 2. The summed E-state index contributed by atoms with van der Waals surface area (Å²) < 4.78 is 0. The summed E-state index contributed by atoms with van der Waals surface area (Å²) in [6, 6.07) is 7.99. The van der Waals surface area contributed by atoms with Crippen molar-refractivity contribution in [3.63, 3.8) is 0 Å². The molecule has 1 aromatic carbocycles. The monoisotopic (exact) mass is 372 g/mol. The van der Waals surface area contributed by atoms with Crippen LogP contribution in [-0.2, 0) is 16.0 Å². The van der Waals surface area contributed by atoms with Gasteiger partial charge in [0.05, 0.1) is 12.6 Å². The minimum absolute atomic E-state index is 0.0191. The molecule has 2 saturated heterocycles. The van der Waals surface area contributed by atoms with E-state index in [1.807, 2.05) is 18.2 Å². The Morgan fingerprint density at radius 2 is 2.15 bits per heavy atom. The molecule has 2 unspecified atom stereocenters. The van der Waals surface area contributed by atoms with Gasteiger partial charge >= 0.3 is 0 Å². The average molecular weight is 373 g/mol. The lowest BCUT2D eigenvalue weighted by Crippen LogP contribution is -2.46. The quantitative estimate of drug-likeness (QED) is 0.682. The number of amides is 2. The Morgan fingerprint density at radius 1 is 1.26 bits per heavy atom. The summed E-state index contributed by atoms with van der Waals surface area (Å²) >= 11 is 0. The normalized spacial score (nSPS) is 23.1. The van der Waals surface area contributed by atoms with E-state index in [-0.39, 0.29) is 17.9 Å². The van der Waals surface area contributed by atoms with Crippen molar-refractivity contribution in [1.82, 2.24) is 15.5 Å². The molecule has 6 heteroatoms. The zero-order chi connectivity index (χ0) is 19.1. The second-order valence-electron chi connectivity index (χ2n) is 7.74. The van der Waals surface area contributed by atoms with Crippen molar-refractivity contribution in [2.45, 2.75) is 45.1 Å². The molecular formula is C21H32N4O2. The average Bonchev–Trinajstić information content (AvgIpc) is 3.21. The summed E-state index contributed by atoms with van der Waals surface area (Å²) in [7, 11) is 0. The van der Waals surface area contributed by atoms with E-state index in [0.29, 0.717) is 19.0 Å². The van der Waals surface area contributed by atoms with Crippen LogP contribution in [0.1, 0.15) is 38.2 Å². The number of piperidine rings is 1. The fraction of sp³-hybridized carbons (Fsp3) is 0.619. The zero-order valence-electron chi connectivity index (χ0n) is 16.3. The predicted octanol–water partition coefficient (Wildman–Crippen LogP) is 1.77. The Morgan fingerprint density at radius 3 is 2.93 bits per heavy atom. The number of hydrogen-bond donors (Lipinski definition) is 3. The van der Waals surface area contributed by atoms with Gasteiger partial charge in [0, 0.05) is 18.8 Å². The zero-order valence-corrected chi connectivity index (χ0v) is 16.3. The highest BCUT2D eigenvalue weighted by atomic mass is 16.2. The summed E-state index contributed by atoms with van der Waals surface area (Å²) in [6.45, 7) is 5.96. The Kier molecular flexibility index (Phi) is 7.24. The number of rotatable bonds is 7. The maximum Gasteiger partial charge on any atom is 0.238 e. The SMILES string of the molecule is CCc1cccc(NC(=O)CN2CCCC(CNC(=O)C3CCCN3)C2)c1. The van der Waals surface area contributed by atoms with Crippen LogP contribution in [-0.4, -0.2) is 55.5 Å². The van der Waals surface area contributed by atoms with Gasteiger partial charge in [0.1, 0.15) is 0 Å². The van der Waals surface area contributed by atoms with Crippen molar-refractivity contribution >= 4 is 17.5 Å². The number of nitrogens with one attached hydrogen (secondary N) is 3. The van der Waals surface area contributed by atoms with E-state index < -0.39 is 0 Å². The van der Waals surface area contributed by atoms with E-state index in [9.17, 15) is 9.59 Å². The number of aryl methyl sites for hydroxylation is 1. The van der Waals surface area contributed by atoms with Gasteiger partial charge in [-0.2, -0.15) is 0 Å². The molecule has 2 aliphatic rings. The molecule has 148 valence electrons. The lowest BCUT2D eigenvalue weighted by atomic mass is 9.98. The Bertz CT molecular complexity index is 643. The van der Waals surface area contributed by atoms with Crippen LogP contribution in [0.15, 0.2) is 24.3 Å². The van der Waals surface area contributed by atoms with Crippen molar-refractivity contribution in [1.29, 1.82) is 0 Å². The van der Waals surface area contributed by atoms with Gasteiger partial charge in [-0.25, -0.2) is 0 Å². The maximum absolute atomic E-state index is 12.4. The molecule has 0 radical (unpaired) electrons. The first kappa shape index (κ1) is 19.8. The summed E-state index contributed by atoms with van der Waals surface area (Å²) in [5.41, 5.74) is 2.09. The van der Waals surface area contributed by atoms with E-state index in [4.69, 9.17) is 0 Å². The Hall–Kier alpha value is -1.92. The number of nitrogens with zero attached hydrogens (tertiary/aromatic N) is 1. The number of likely N-dealkylation sites (tertiary alicyclic amines) is 1. The number of anilines is 1. The van der Waals surface area contributed by atoms with Crippen LogP contribution < -0.4 is 16.0 Å². The number of carbonyl (C=O) groups excluding carboxylic acids is 2. The van der Waals surface area contributed by atoms with Crippen molar-refractivity contribution in [3.05, 3.63) is 29.8 Å². The summed E-state index contributed by atoms with van der Waals surface area (Å²) in [6.07, 6.45) is 5.14. The highest BCUT2D eigenvalue weighted by Gasteiger charge is 2.25. The highest BCUT2D eigenvalue weighted by Crippen LogP contribution is 2.17. The summed E-state index contributed by atoms with van der Waals surface area (Å²) in [5.74, 6) is 0.571. The molecule has 2 heterocycles. The molecule has 2 atom stereocenters. The van der Waals surface area contributed by atoms with Gasteiger partial charge in [0.15, 0.2) is 0 Å². The first-order valence-corrected chi connectivity index (χ1v) is 10.3. The molecule has 1 aromatic rings. The van der Waals surface area contributed by atoms with Crippen LogP contribution >= 0.6 is 0 Å². The fourth-order valence-corrected chi connectivity index (χ4v) is 4.01.